The Balaban J connectivity index is 1.64. The van der Waals surface area contributed by atoms with Gasteiger partial charge in [-0.05, 0) is 80.9 Å². The number of carbonyl (C=O) groups excluding carboxylic acids is 2. The highest BCUT2D eigenvalue weighted by molar-refractivity contribution is 6.46. The number of hydrogen-bond acceptors (Lipinski definition) is 5. The molecule has 0 aliphatic carbocycles. The van der Waals surface area contributed by atoms with Crippen molar-refractivity contribution in [3.8, 4) is 5.75 Å². The molecule has 1 aliphatic rings. The SMILES string of the molecule is Cc1cccc(COc2ccc(/C(O)=C3\C(=O)C(=O)N(CCCN(C)C)[C@@H]3c3ccc(C(C)C)cc3)cc2)c1. The molecule has 1 heterocycles. The van der Waals surface area contributed by atoms with Crippen molar-refractivity contribution in [3.63, 3.8) is 0 Å². The van der Waals surface area contributed by atoms with Gasteiger partial charge in [0.1, 0.15) is 18.1 Å². The summed E-state index contributed by atoms with van der Waals surface area (Å²) in [5.41, 5.74) is 4.80. The summed E-state index contributed by atoms with van der Waals surface area (Å²) in [6.45, 7) is 7.91. The van der Waals surface area contributed by atoms with Crippen molar-refractivity contribution in [1.82, 2.24) is 9.80 Å². The minimum atomic E-state index is -0.657. The number of aliphatic hydroxyl groups is 1. The van der Waals surface area contributed by atoms with Crippen LogP contribution in [0.15, 0.2) is 78.4 Å². The van der Waals surface area contributed by atoms with Crippen LogP contribution in [0.25, 0.3) is 5.76 Å². The van der Waals surface area contributed by atoms with E-state index in [4.69, 9.17) is 4.74 Å². The lowest BCUT2D eigenvalue weighted by atomic mass is 9.93. The van der Waals surface area contributed by atoms with Crippen molar-refractivity contribution in [2.24, 2.45) is 0 Å². The second kappa shape index (κ2) is 12.3. The maximum Gasteiger partial charge on any atom is 0.295 e. The summed E-state index contributed by atoms with van der Waals surface area (Å²) >= 11 is 0. The van der Waals surface area contributed by atoms with Gasteiger partial charge >= 0.3 is 0 Å². The maximum atomic E-state index is 13.3. The van der Waals surface area contributed by atoms with Crippen LogP contribution in [-0.2, 0) is 16.2 Å². The van der Waals surface area contributed by atoms with E-state index in [2.05, 4.69) is 19.9 Å². The molecular formula is C33H38N2O4. The summed E-state index contributed by atoms with van der Waals surface area (Å²) < 4.78 is 5.92. The number of nitrogens with zero attached hydrogens (tertiary/aromatic N) is 2. The zero-order valence-electron chi connectivity index (χ0n) is 23.5. The first-order chi connectivity index (χ1) is 18.7. The first-order valence-corrected chi connectivity index (χ1v) is 13.5. The lowest BCUT2D eigenvalue weighted by molar-refractivity contribution is -0.139. The summed E-state index contributed by atoms with van der Waals surface area (Å²) in [6, 6.07) is 22.4. The van der Waals surface area contributed by atoms with Gasteiger partial charge in [0.15, 0.2) is 0 Å². The maximum absolute atomic E-state index is 13.3. The predicted octanol–water partition coefficient (Wildman–Crippen LogP) is 6.07. The van der Waals surface area contributed by atoms with Crippen molar-refractivity contribution in [2.45, 2.75) is 45.8 Å². The van der Waals surface area contributed by atoms with Crippen molar-refractivity contribution in [1.29, 1.82) is 0 Å². The average Bonchev–Trinajstić information content (AvgIpc) is 3.17. The van der Waals surface area contributed by atoms with Gasteiger partial charge in [0.2, 0.25) is 0 Å². The van der Waals surface area contributed by atoms with E-state index in [9.17, 15) is 14.7 Å². The predicted molar refractivity (Wildman–Crippen MR) is 155 cm³/mol. The van der Waals surface area contributed by atoms with E-state index in [1.54, 1.807) is 29.2 Å². The molecule has 39 heavy (non-hydrogen) atoms. The van der Waals surface area contributed by atoms with Crippen molar-refractivity contribution in [2.75, 3.05) is 27.2 Å². The number of benzene rings is 3. The molecule has 1 fully saturated rings. The molecule has 6 heteroatoms. The van der Waals surface area contributed by atoms with E-state index in [1.165, 1.54) is 11.1 Å². The Hall–Kier alpha value is -3.90. The van der Waals surface area contributed by atoms with Gasteiger partial charge in [0.25, 0.3) is 11.7 Å². The number of aliphatic hydroxyl groups excluding tert-OH is 1. The van der Waals surface area contributed by atoms with Gasteiger partial charge in [0, 0.05) is 12.1 Å². The number of carbonyl (C=O) groups is 2. The molecule has 1 aliphatic heterocycles. The topological polar surface area (TPSA) is 70.1 Å². The summed E-state index contributed by atoms with van der Waals surface area (Å²) in [5, 5.41) is 11.4. The van der Waals surface area contributed by atoms with Crippen molar-refractivity contribution < 1.29 is 19.4 Å². The Morgan fingerprint density at radius 1 is 1.00 bits per heavy atom. The molecule has 1 amide bonds. The van der Waals surface area contributed by atoms with Gasteiger partial charge in [-0.3, -0.25) is 9.59 Å². The van der Waals surface area contributed by atoms with Crippen LogP contribution in [0.1, 0.15) is 60.0 Å². The molecule has 4 rings (SSSR count). The molecule has 0 saturated carbocycles. The van der Waals surface area contributed by atoms with Crippen LogP contribution in [-0.4, -0.2) is 53.8 Å². The number of rotatable bonds is 10. The van der Waals surface area contributed by atoms with E-state index in [0.29, 0.717) is 36.8 Å². The van der Waals surface area contributed by atoms with Crippen LogP contribution in [0.2, 0.25) is 0 Å². The minimum absolute atomic E-state index is 0.121. The van der Waals surface area contributed by atoms with Gasteiger partial charge in [-0.1, -0.05) is 67.9 Å². The van der Waals surface area contributed by atoms with Crippen molar-refractivity contribution in [3.05, 3.63) is 106 Å². The third-order valence-electron chi connectivity index (χ3n) is 7.08. The van der Waals surface area contributed by atoms with E-state index < -0.39 is 17.7 Å². The molecule has 0 aromatic heterocycles. The molecular weight excluding hydrogens is 488 g/mol. The third-order valence-corrected chi connectivity index (χ3v) is 7.08. The fourth-order valence-electron chi connectivity index (χ4n) is 4.91. The monoisotopic (exact) mass is 526 g/mol. The highest BCUT2D eigenvalue weighted by Gasteiger charge is 2.45. The smallest absolute Gasteiger partial charge is 0.295 e. The number of likely N-dealkylation sites (tertiary alicyclic amines) is 1. The third kappa shape index (κ3) is 6.58. The summed E-state index contributed by atoms with van der Waals surface area (Å²) in [6.07, 6.45) is 0.716. The summed E-state index contributed by atoms with van der Waals surface area (Å²) in [7, 11) is 3.95. The molecule has 1 atom stereocenters. The van der Waals surface area contributed by atoms with E-state index in [1.807, 2.05) is 68.4 Å². The van der Waals surface area contributed by atoms with Gasteiger partial charge in [-0.25, -0.2) is 0 Å². The number of amides is 1. The fraction of sp³-hybridized carbons (Fsp3) is 0.333. The molecule has 0 spiro atoms. The molecule has 3 aromatic carbocycles. The van der Waals surface area contributed by atoms with E-state index in [0.717, 1.165) is 17.7 Å². The summed E-state index contributed by atoms with van der Waals surface area (Å²) in [5.74, 6) is -0.400. The largest absolute Gasteiger partial charge is 0.507 e. The van der Waals surface area contributed by atoms with E-state index in [-0.39, 0.29) is 11.3 Å². The number of aryl methyl sites for hydroxylation is 1. The van der Waals surface area contributed by atoms with Gasteiger partial charge < -0.3 is 19.6 Å². The van der Waals surface area contributed by atoms with E-state index >= 15 is 0 Å². The van der Waals surface area contributed by atoms with Gasteiger partial charge in [-0.2, -0.15) is 0 Å². The quantitative estimate of drug-likeness (QED) is 0.197. The Labute approximate surface area is 231 Å². The van der Waals surface area contributed by atoms with Crippen LogP contribution < -0.4 is 4.74 Å². The Morgan fingerprint density at radius 2 is 1.69 bits per heavy atom. The van der Waals surface area contributed by atoms with Crippen LogP contribution >= 0.6 is 0 Å². The standard InChI is InChI=1S/C33H38N2O4/c1-22(2)25-10-12-26(13-11-25)30-29(32(37)33(38)35(30)19-7-18-34(4)5)31(36)27-14-16-28(17-15-27)39-21-24-9-6-8-23(3)20-24/h6,8-17,20,22,30,36H,7,18-19,21H2,1-5H3/b31-29+/t30-/m1/s1. The average molecular weight is 527 g/mol. The molecule has 204 valence electrons. The Bertz CT molecular complexity index is 1340. The van der Waals surface area contributed by atoms with Gasteiger partial charge in [-0.15, -0.1) is 0 Å². The molecule has 6 nitrogen and oxygen atoms in total. The second-order valence-corrected chi connectivity index (χ2v) is 10.8. The normalized spacial score (nSPS) is 16.9. The molecule has 1 N–H and O–H groups in total. The van der Waals surface area contributed by atoms with Crippen LogP contribution in [0.4, 0.5) is 0 Å². The number of ketones is 1. The lowest BCUT2D eigenvalue weighted by Crippen LogP contribution is -2.32. The first kappa shape index (κ1) is 28.1. The van der Waals surface area contributed by atoms with Crippen LogP contribution in [0.5, 0.6) is 5.75 Å². The van der Waals surface area contributed by atoms with Gasteiger partial charge in [0.05, 0.1) is 11.6 Å². The van der Waals surface area contributed by atoms with Crippen LogP contribution in [0, 0.1) is 6.92 Å². The number of hydrogen-bond donors (Lipinski definition) is 1. The molecule has 0 radical (unpaired) electrons. The Kier molecular flexibility index (Phi) is 8.87. The summed E-state index contributed by atoms with van der Waals surface area (Å²) in [4.78, 5) is 30.1. The Morgan fingerprint density at radius 3 is 2.31 bits per heavy atom. The second-order valence-electron chi connectivity index (χ2n) is 10.8. The zero-order chi connectivity index (χ0) is 28.1. The molecule has 0 unspecified atom stereocenters. The fourth-order valence-corrected chi connectivity index (χ4v) is 4.91. The molecule has 0 bridgehead atoms. The zero-order valence-corrected chi connectivity index (χ0v) is 23.5. The highest BCUT2D eigenvalue weighted by Crippen LogP contribution is 2.40. The highest BCUT2D eigenvalue weighted by atomic mass is 16.5. The first-order valence-electron chi connectivity index (χ1n) is 13.5. The van der Waals surface area contributed by atoms with Crippen LogP contribution in [0.3, 0.4) is 0 Å². The molecule has 1 saturated heterocycles. The van der Waals surface area contributed by atoms with Crippen molar-refractivity contribution >= 4 is 17.4 Å². The number of ether oxygens (including phenoxy) is 1. The lowest BCUT2D eigenvalue weighted by Gasteiger charge is -2.26. The minimum Gasteiger partial charge on any atom is -0.507 e. The number of Topliss-reactive ketones (excluding diaryl/α,β-unsaturated/α-hetero) is 1. The molecule has 3 aromatic rings.